The first-order chi connectivity index (χ1) is 6.83. The van der Waals surface area contributed by atoms with Gasteiger partial charge in [-0.3, -0.25) is 0 Å². The minimum Gasteiger partial charge on any atom is -0.491 e. The van der Waals surface area contributed by atoms with E-state index in [0.29, 0.717) is 13.2 Å². The molecule has 0 aliphatic rings. The molecule has 14 heavy (non-hydrogen) atoms. The van der Waals surface area contributed by atoms with E-state index >= 15 is 0 Å². The highest BCUT2D eigenvalue weighted by Crippen LogP contribution is 2.08. The third-order valence-corrected chi connectivity index (χ3v) is 1.82. The summed E-state index contributed by atoms with van der Waals surface area (Å²) in [6.45, 7) is 3.77. The molecule has 0 unspecified atom stereocenters. The molecule has 1 rings (SSSR count). The summed E-state index contributed by atoms with van der Waals surface area (Å²) in [6.07, 6.45) is -0.449. The van der Waals surface area contributed by atoms with Gasteiger partial charge in [0.25, 0.3) is 0 Å². The number of hydrogen-bond donors (Lipinski definition) is 2. The molecule has 0 amide bonds. The van der Waals surface area contributed by atoms with Crippen molar-refractivity contribution in [3.63, 3.8) is 0 Å². The average molecular weight is 195 g/mol. The van der Waals surface area contributed by atoms with Crippen molar-refractivity contribution in [1.82, 2.24) is 5.32 Å². The standard InChI is InChI=1S/C11H17NO2/c1-2-12-8-10(13)9-14-11-6-4-3-5-7-11/h3-7,10,12-13H,2,8-9H2,1H3/t10-/m1/s1. The topological polar surface area (TPSA) is 41.5 Å². The van der Waals surface area contributed by atoms with Crippen LogP contribution in [0.2, 0.25) is 0 Å². The highest BCUT2D eigenvalue weighted by atomic mass is 16.5. The lowest BCUT2D eigenvalue weighted by molar-refractivity contribution is 0.107. The number of aliphatic hydroxyl groups is 1. The third kappa shape index (κ3) is 4.25. The van der Waals surface area contributed by atoms with Crippen LogP contribution in [0.25, 0.3) is 0 Å². The number of benzene rings is 1. The van der Waals surface area contributed by atoms with E-state index in [1.807, 2.05) is 37.3 Å². The smallest absolute Gasteiger partial charge is 0.119 e. The van der Waals surface area contributed by atoms with Gasteiger partial charge in [-0.25, -0.2) is 0 Å². The van der Waals surface area contributed by atoms with E-state index in [1.165, 1.54) is 0 Å². The minimum absolute atomic E-state index is 0.330. The SMILES string of the molecule is CCNC[C@@H](O)COc1ccccc1. The van der Waals surface area contributed by atoms with Crippen LogP contribution in [-0.2, 0) is 0 Å². The second kappa shape index (κ2) is 6.40. The van der Waals surface area contributed by atoms with Crippen molar-refractivity contribution in [2.75, 3.05) is 19.7 Å². The molecule has 0 aliphatic carbocycles. The zero-order chi connectivity index (χ0) is 10.2. The second-order valence-corrected chi connectivity index (χ2v) is 3.09. The van der Waals surface area contributed by atoms with Crippen LogP contribution >= 0.6 is 0 Å². The van der Waals surface area contributed by atoms with Crippen LogP contribution in [-0.4, -0.2) is 30.9 Å². The monoisotopic (exact) mass is 195 g/mol. The summed E-state index contributed by atoms with van der Waals surface area (Å²) in [5.41, 5.74) is 0. The molecule has 0 saturated carbocycles. The molecule has 3 heteroatoms. The second-order valence-electron chi connectivity index (χ2n) is 3.09. The van der Waals surface area contributed by atoms with Gasteiger partial charge in [0.05, 0.1) is 0 Å². The van der Waals surface area contributed by atoms with E-state index in [2.05, 4.69) is 5.32 Å². The largest absolute Gasteiger partial charge is 0.491 e. The lowest BCUT2D eigenvalue weighted by Crippen LogP contribution is -2.31. The van der Waals surface area contributed by atoms with E-state index in [4.69, 9.17) is 4.74 Å². The van der Waals surface area contributed by atoms with Crippen LogP contribution in [0.1, 0.15) is 6.92 Å². The number of ether oxygens (including phenoxy) is 1. The predicted molar refractivity (Wildman–Crippen MR) is 56.5 cm³/mol. The molecule has 0 heterocycles. The van der Waals surface area contributed by atoms with E-state index in [1.54, 1.807) is 0 Å². The Kier molecular flexibility index (Phi) is 5.04. The summed E-state index contributed by atoms with van der Waals surface area (Å²) in [5, 5.41) is 12.5. The summed E-state index contributed by atoms with van der Waals surface area (Å²) in [5.74, 6) is 0.794. The fourth-order valence-electron chi connectivity index (χ4n) is 1.08. The lowest BCUT2D eigenvalue weighted by Gasteiger charge is -2.12. The Balaban J connectivity index is 2.20. The molecule has 0 radical (unpaired) electrons. The van der Waals surface area contributed by atoms with Crippen molar-refractivity contribution >= 4 is 0 Å². The van der Waals surface area contributed by atoms with Gasteiger partial charge in [0.1, 0.15) is 18.5 Å². The molecule has 1 aromatic rings. The van der Waals surface area contributed by atoms with Crippen LogP contribution in [0.3, 0.4) is 0 Å². The molecule has 0 saturated heterocycles. The quantitative estimate of drug-likeness (QED) is 0.712. The molecular formula is C11H17NO2. The molecular weight excluding hydrogens is 178 g/mol. The highest BCUT2D eigenvalue weighted by Gasteiger charge is 2.03. The zero-order valence-corrected chi connectivity index (χ0v) is 8.44. The normalized spacial score (nSPS) is 12.4. The van der Waals surface area contributed by atoms with Gasteiger partial charge in [0.2, 0.25) is 0 Å². The maximum absolute atomic E-state index is 9.45. The van der Waals surface area contributed by atoms with Gasteiger partial charge >= 0.3 is 0 Å². The first-order valence-electron chi connectivity index (χ1n) is 4.89. The van der Waals surface area contributed by atoms with Gasteiger partial charge in [0.15, 0.2) is 0 Å². The van der Waals surface area contributed by atoms with Crippen molar-refractivity contribution in [3.8, 4) is 5.75 Å². The van der Waals surface area contributed by atoms with Crippen molar-refractivity contribution in [2.24, 2.45) is 0 Å². The summed E-state index contributed by atoms with van der Waals surface area (Å²) in [7, 11) is 0. The maximum Gasteiger partial charge on any atom is 0.119 e. The Labute approximate surface area is 84.7 Å². The predicted octanol–water partition coefficient (Wildman–Crippen LogP) is 1.04. The fraction of sp³-hybridized carbons (Fsp3) is 0.455. The number of likely N-dealkylation sites (N-methyl/N-ethyl adjacent to an activating group) is 1. The molecule has 0 aromatic heterocycles. The number of hydrogen-bond acceptors (Lipinski definition) is 3. The van der Waals surface area contributed by atoms with Crippen LogP contribution in [0.4, 0.5) is 0 Å². The minimum atomic E-state index is -0.449. The van der Waals surface area contributed by atoms with E-state index in [-0.39, 0.29) is 0 Å². The molecule has 0 fully saturated rings. The van der Waals surface area contributed by atoms with Gasteiger partial charge in [0, 0.05) is 6.54 Å². The number of rotatable bonds is 6. The van der Waals surface area contributed by atoms with Crippen molar-refractivity contribution in [3.05, 3.63) is 30.3 Å². The third-order valence-electron chi connectivity index (χ3n) is 1.82. The van der Waals surface area contributed by atoms with Gasteiger partial charge < -0.3 is 15.2 Å². The molecule has 0 aliphatic heterocycles. The molecule has 0 bridgehead atoms. The molecule has 2 N–H and O–H groups in total. The summed E-state index contributed by atoms with van der Waals surface area (Å²) >= 11 is 0. The van der Waals surface area contributed by atoms with Crippen LogP contribution in [0, 0.1) is 0 Å². The molecule has 78 valence electrons. The summed E-state index contributed by atoms with van der Waals surface area (Å²) in [4.78, 5) is 0. The molecule has 1 aromatic carbocycles. The van der Waals surface area contributed by atoms with Gasteiger partial charge in [-0.05, 0) is 18.7 Å². The number of aliphatic hydroxyl groups excluding tert-OH is 1. The number of nitrogens with one attached hydrogen (secondary N) is 1. The van der Waals surface area contributed by atoms with Gasteiger partial charge in [-0.15, -0.1) is 0 Å². The Bertz CT molecular complexity index is 238. The summed E-state index contributed by atoms with van der Waals surface area (Å²) < 4.78 is 5.37. The Morgan fingerprint density at radius 2 is 2.07 bits per heavy atom. The van der Waals surface area contributed by atoms with Crippen LogP contribution in [0.5, 0.6) is 5.75 Å². The molecule has 0 spiro atoms. The fourth-order valence-corrected chi connectivity index (χ4v) is 1.08. The lowest BCUT2D eigenvalue weighted by atomic mass is 10.3. The Morgan fingerprint density at radius 1 is 1.36 bits per heavy atom. The van der Waals surface area contributed by atoms with E-state index in [0.717, 1.165) is 12.3 Å². The Morgan fingerprint density at radius 3 is 2.71 bits per heavy atom. The van der Waals surface area contributed by atoms with Crippen LogP contribution < -0.4 is 10.1 Å². The molecule has 3 nitrogen and oxygen atoms in total. The van der Waals surface area contributed by atoms with Crippen LogP contribution in [0.15, 0.2) is 30.3 Å². The summed E-state index contributed by atoms with van der Waals surface area (Å²) in [6, 6.07) is 9.50. The maximum atomic E-state index is 9.45. The van der Waals surface area contributed by atoms with Crippen molar-refractivity contribution in [1.29, 1.82) is 0 Å². The van der Waals surface area contributed by atoms with E-state index in [9.17, 15) is 5.11 Å². The van der Waals surface area contributed by atoms with Crippen molar-refractivity contribution in [2.45, 2.75) is 13.0 Å². The van der Waals surface area contributed by atoms with Gasteiger partial charge in [-0.2, -0.15) is 0 Å². The first-order valence-corrected chi connectivity index (χ1v) is 4.89. The Hall–Kier alpha value is -1.06. The number of para-hydroxylation sites is 1. The average Bonchev–Trinajstić information content (AvgIpc) is 2.25. The van der Waals surface area contributed by atoms with E-state index < -0.39 is 6.10 Å². The highest BCUT2D eigenvalue weighted by molar-refractivity contribution is 5.20. The first kappa shape index (κ1) is 11.0. The zero-order valence-electron chi connectivity index (χ0n) is 8.44. The molecule has 1 atom stereocenters. The van der Waals surface area contributed by atoms with Gasteiger partial charge in [-0.1, -0.05) is 25.1 Å². The van der Waals surface area contributed by atoms with Crippen molar-refractivity contribution < 1.29 is 9.84 Å².